The van der Waals surface area contributed by atoms with E-state index in [0.717, 1.165) is 19.5 Å². The van der Waals surface area contributed by atoms with Gasteiger partial charge in [-0.05, 0) is 39.4 Å². The molecular formula is C18H30N4O4S2. The van der Waals surface area contributed by atoms with E-state index in [1.54, 1.807) is 12.1 Å². The average Bonchev–Trinajstić information content (AvgIpc) is 2.66. The monoisotopic (exact) mass is 430 g/mol. The quantitative estimate of drug-likeness (QED) is 0.438. The molecule has 0 atom stereocenters. The van der Waals surface area contributed by atoms with Crippen LogP contribution in [0.3, 0.4) is 0 Å². The Labute approximate surface area is 172 Å². The molecule has 0 aliphatic carbocycles. The number of nitrogens with zero attached hydrogens (tertiary/aromatic N) is 3. The molecule has 10 heteroatoms. The van der Waals surface area contributed by atoms with Gasteiger partial charge in [-0.3, -0.25) is 4.79 Å². The molecular weight excluding hydrogens is 400 g/mol. The summed E-state index contributed by atoms with van der Waals surface area (Å²) in [6.45, 7) is 7.55. The molecule has 1 aromatic rings. The fourth-order valence-corrected chi connectivity index (χ4v) is 4.63. The average molecular weight is 431 g/mol. The lowest BCUT2D eigenvalue weighted by atomic mass is 10.4. The second-order valence-electron chi connectivity index (χ2n) is 6.95. The molecule has 0 bridgehead atoms. The molecule has 0 spiro atoms. The minimum Gasteiger partial charge on any atom is -0.379 e. The minimum atomic E-state index is -3.51. The van der Waals surface area contributed by atoms with Gasteiger partial charge in [0.2, 0.25) is 15.9 Å². The number of carbonyl (C=O) groups is 1. The van der Waals surface area contributed by atoms with Gasteiger partial charge in [0.25, 0.3) is 0 Å². The largest absolute Gasteiger partial charge is 0.379 e. The lowest BCUT2D eigenvalue weighted by molar-refractivity contribution is -0.118. The highest BCUT2D eigenvalue weighted by Gasteiger charge is 2.27. The molecule has 2 heterocycles. The standard InChI is InChI=1S/C18H30N4O4S2/c1-15(2)26-12-4-7-19-17(23)14-27-18-6-5-16(13-20-18)28(24,25)22-10-8-21(3)9-11-22/h5-6,13,15H,4,7-12,14H2,1-3H3,(H,19,23). The predicted octanol–water partition coefficient (Wildman–Crippen LogP) is 1.04. The van der Waals surface area contributed by atoms with Crippen LogP contribution in [0.2, 0.25) is 0 Å². The molecule has 1 aliphatic heterocycles. The van der Waals surface area contributed by atoms with Crippen molar-refractivity contribution in [2.45, 2.75) is 36.3 Å². The SMILES string of the molecule is CC(C)OCCCNC(=O)CSc1ccc(S(=O)(=O)N2CCN(C)CC2)cn1. The summed E-state index contributed by atoms with van der Waals surface area (Å²) in [5.74, 6) is 0.160. The molecule has 1 saturated heterocycles. The van der Waals surface area contributed by atoms with E-state index < -0.39 is 10.0 Å². The number of aromatic nitrogens is 1. The summed E-state index contributed by atoms with van der Waals surface area (Å²) in [7, 11) is -1.53. The second kappa shape index (κ2) is 11.1. The Morgan fingerprint density at radius 3 is 2.61 bits per heavy atom. The number of pyridine rings is 1. The molecule has 0 saturated carbocycles. The lowest BCUT2D eigenvalue weighted by Gasteiger charge is -2.31. The van der Waals surface area contributed by atoms with Crippen molar-refractivity contribution in [1.29, 1.82) is 0 Å². The van der Waals surface area contributed by atoms with Crippen molar-refractivity contribution in [1.82, 2.24) is 19.5 Å². The van der Waals surface area contributed by atoms with Crippen LogP contribution in [0.5, 0.6) is 0 Å². The number of nitrogens with one attached hydrogen (secondary N) is 1. The first kappa shape index (κ1) is 23.1. The van der Waals surface area contributed by atoms with E-state index in [1.165, 1.54) is 22.3 Å². The van der Waals surface area contributed by atoms with Gasteiger partial charge in [0, 0.05) is 45.5 Å². The summed E-state index contributed by atoms with van der Waals surface area (Å²) >= 11 is 1.28. The summed E-state index contributed by atoms with van der Waals surface area (Å²) in [6.07, 6.45) is 2.34. The second-order valence-corrected chi connectivity index (χ2v) is 9.88. The highest BCUT2D eigenvalue weighted by Crippen LogP contribution is 2.20. The van der Waals surface area contributed by atoms with E-state index in [-0.39, 0.29) is 22.7 Å². The summed E-state index contributed by atoms with van der Waals surface area (Å²) in [5, 5.41) is 3.46. The molecule has 1 aliphatic rings. The normalized spacial score (nSPS) is 16.4. The van der Waals surface area contributed by atoms with Crippen LogP contribution in [0.25, 0.3) is 0 Å². The van der Waals surface area contributed by atoms with Crippen molar-refractivity contribution in [2.75, 3.05) is 52.1 Å². The van der Waals surface area contributed by atoms with Crippen LogP contribution in [0.1, 0.15) is 20.3 Å². The first-order valence-corrected chi connectivity index (χ1v) is 11.9. The zero-order valence-corrected chi connectivity index (χ0v) is 18.4. The zero-order valence-electron chi connectivity index (χ0n) is 16.8. The van der Waals surface area contributed by atoms with Crippen molar-refractivity contribution in [3.05, 3.63) is 18.3 Å². The summed E-state index contributed by atoms with van der Waals surface area (Å²) < 4.78 is 32.3. The van der Waals surface area contributed by atoms with E-state index in [0.29, 0.717) is 31.3 Å². The smallest absolute Gasteiger partial charge is 0.244 e. The number of ether oxygens (including phenoxy) is 1. The van der Waals surface area contributed by atoms with Crippen molar-refractivity contribution < 1.29 is 17.9 Å². The van der Waals surface area contributed by atoms with Crippen LogP contribution in [0, 0.1) is 0 Å². The molecule has 0 radical (unpaired) electrons. The minimum absolute atomic E-state index is 0.0783. The van der Waals surface area contributed by atoms with Crippen LogP contribution in [0.4, 0.5) is 0 Å². The van der Waals surface area contributed by atoms with Crippen LogP contribution in [-0.2, 0) is 19.6 Å². The number of rotatable bonds is 10. The Morgan fingerprint density at radius 2 is 2.00 bits per heavy atom. The van der Waals surface area contributed by atoms with E-state index in [4.69, 9.17) is 4.74 Å². The van der Waals surface area contributed by atoms with Crippen LogP contribution in [-0.4, -0.2) is 86.7 Å². The molecule has 0 unspecified atom stereocenters. The highest BCUT2D eigenvalue weighted by atomic mass is 32.2. The fraction of sp³-hybridized carbons (Fsp3) is 0.667. The van der Waals surface area contributed by atoms with Crippen molar-refractivity contribution in [2.24, 2.45) is 0 Å². The summed E-state index contributed by atoms with van der Waals surface area (Å²) in [5.41, 5.74) is 0. The van der Waals surface area contributed by atoms with Gasteiger partial charge in [-0.2, -0.15) is 4.31 Å². The van der Waals surface area contributed by atoms with E-state index in [9.17, 15) is 13.2 Å². The third kappa shape index (κ3) is 7.32. The number of sulfonamides is 1. The van der Waals surface area contributed by atoms with Gasteiger partial charge >= 0.3 is 0 Å². The molecule has 2 rings (SSSR count). The number of amides is 1. The fourth-order valence-electron chi connectivity index (χ4n) is 2.59. The third-order valence-electron chi connectivity index (χ3n) is 4.25. The topological polar surface area (TPSA) is 91.8 Å². The summed E-state index contributed by atoms with van der Waals surface area (Å²) in [6, 6.07) is 3.21. The van der Waals surface area contributed by atoms with Gasteiger partial charge in [0.05, 0.1) is 16.9 Å². The Morgan fingerprint density at radius 1 is 1.29 bits per heavy atom. The van der Waals surface area contributed by atoms with Gasteiger partial charge in [-0.15, -0.1) is 0 Å². The third-order valence-corrected chi connectivity index (χ3v) is 7.08. The van der Waals surface area contributed by atoms with Gasteiger partial charge in [0.1, 0.15) is 4.90 Å². The molecule has 1 fully saturated rings. The number of hydrogen-bond acceptors (Lipinski definition) is 7. The van der Waals surface area contributed by atoms with Gasteiger partial charge in [0.15, 0.2) is 0 Å². The molecule has 1 aromatic heterocycles. The number of carbonyl (C=O) groups excluding carboxylic acids is 1. The Kier molecular flexibility index (Phi) is 9.16. The van der Waals surface area contributed by atoms with Crippen molar-refractivity contribution in [3.8, 4) is 0 Å². The first-order chi connectivity index (χ1) is 13.3. The first-order valence-electron chi connectivity index (χ1n) is 9.45. The summed E-state index contributed by atoms with van der Waals surface area (Å²) in [4.78, 5) is 18.4. The maximum Gasteiger partial charge on any atom is 0.244 e. The zero-order chi connectivity index (χ0) is 20.6. The van der Waals surface area contributed by atoms with Crippen molar-refractivity contribution in [3.63, 3.8) is 0 Å². The van der Waals surface area contributed by atoms with Crippen LogP contribution >= 0.6 is 11.8 Å². The molecule has 28 heavy (non-hydrogen) atoms. The maximum atomic E-state index is 12.7. The van der Waals surface area contributed by atoms with E-state index in [2.05, 4.69) is 15.2 Å². The molecule has 1 N–H and O–H groups in total. The van der Waals surface area contributed by atoms with E-state index >= 15 is 0 Å². The lowest BCUT2D eigenvalue weighted by Crippen LogP contribution is -2.47. The highest BCUT2D eigenvalue weighted by molar-refractivity contribution is 7.99. The van der Waals surface area contributed by atoms with Crippen LogP contribution in [0.15, 0.2) is 28.3 Å². The van der Waals surface area contributed by atoms with Crippen LogP contribution < -0.4 is 5.32 Å². The van der Waals surface area contributed by atoms with Gasteiger partial charge < -0.3 is 15.0 Å². The molecule has 1 amide bonds. The van der Waals surface area contributed by atoms with Gasteiger partial charge in [-0.1, -0.05) is 11.8 Å². The molecule has 0 aromatic carbocycles. The number of likely N-dealkylation sites (N-methyl/N-ethyl adjacent to an activating group) is 1. The number of piperazine rings is 1. The number of thioether (sulfide) groups is 1. The van der Waals surface area contributed by atoms with E-state index in [1.807, 2.05) is 20.9 Å². The molecule has 158 valence electrons. The van der Waals surface area contributed by atoms with Crippen molar-refractivity contribution >= 4 is 27.7 Å². The Balaban J connectivity index is 1.77. The predicted molar refractivity (Wildman–Crippen MR) is 110 cm³/mol. The number of hydrogen-bond donors (Lipinski definition) is 1. The molecule has 8 nitrogen and oxygen atoms in total. The Hall–Kier alpha value is -1.20. The Bertz CT molecular complexity index is 718. The van der Waals surface area contributed by atoms with Gasteiger partial charge in [-0.25, -0.2) is 13.4 Å². The maximum absolute atomic E-state index is 12.7.